The van der Waals surface area contributed by atoms with Crippen molar-refractivity contribution in [2.45, 2.75) is 26.3 Å². The summed E-state index contributed by atoms with van der Waals surface area (Å²) in [7, 11) is 1.68. The lowest BCUT2D eigenvalue weighted by Crippen LogP contribution is -2.08. The van der Waals surface area contributed by atoms with E-state index < -0.39 is 0 Å². The molecule has 0 spiro atoms. The SMILES string of the molecule is C/C=C/c1ccc(OCCCn2c(Cc3cccs3)nc3ccccc32)c(OC)c1. The predicted octanol–water partition coefficient (Wildman–Crippen LogP) is 6.20. The molecular formula is C25H26N2O2S. The minimum Gasteiger partial charge on any atom is -0.493 e. The Bertz CT molecular complexity index is 1130. The van der Waals surface area contributed by atoms with E-state index in [0.29, 0.717) is 6.61 Å². The average molecular weight is 419 g/mol. The molecule has 0 unspecified atom stereocenters. The lowest BCUT2D eigenvalue weighted by atomic mass is 10.2. The Labute approximate surface area is 181 Å². The van der Waals surface area contributed by atoms with Crippen LogP contribution < -0.4 is 9.47 Å². The molecule has 0 aliphatic carbocycles. The van der Waals surface area contributed by atoms with E-state index in [1.807, 2.05) is 43.3 Å². The van der Waals surface area contributed by atoms with Crippen molar-refractivity contribution in [2.75, 3.05) is 13.7 Å². The number of nitrogens with zero attached hydrogens (tertiary/aromatic N) is 2. The molecule has 2 aromatic heterocycles. The maximum atomic E-state index is 6.04. The Morgan fingerprint density at radius 2 is 1.97 bits per heavy atom. The molecule has 0 aliphatic heterocycles. The number of para-hydroxylation sites is 2. The number of hydrogen-bond acceptors (Lipinski definition) is 4. The van der Waals surface area contributed by atoms with Gasteiger partial charge in [-0.2, -0.15) is 0 Å². The van der Waals surface area contributed by atoms with Crippen molar-refractivity contribution in [1.82, 2.24) is 9.55 Å². The van der Waals surface area contributed by atoms with Crippen LogP contribution in [0.4, 0.5) is 0 Å². The minimum absolute atomic E-state index is 0.615. The van der Waals surface area contributed by atoms with Gasteiger partial charge in [-0.25, -0.2) is 4.98 Å². The van der Waals surface area contributed by atoms with Gasteiger partial charge in [-0.15, -0.1) is 11.3 Å². The number of thiophene rings is 1. The zero-order valence-corrected chi connectivity index (χ0v) is 18.2. The quantitative estimate of drug-likeness (QED) is 0.304. The number of benzene rings is 2. The molecule has 0 radical (unpaired) electrons. The van der Waals surface area contributed by atoms with E-state index in [1.165, 1.54) is 10.4 Å². The number of imidazole rings is 1. The van der Waals surface area contributed by atoms with Gasteiger partial charge in [0.2, 0.25) is 0 Å². The van der Waals surface area contributed by atoms with Gasteiger partial charge in [0.15, 0.2) is 11.5 Å². The molecule has 5 heteroatoms. The van der Waals surface area contributed by atoms with Gasteiger partial charge in [0.25, 0.3) is 0 Å². The zero-order valence-electron chi connectivity index (χ0n) is 17.4. The molecule has 0 aliphatic rings. The highest BCUT2D eigenvalue weighted by Crippen LogP contribution is 2.29. The van der Waals surface area contributed by atoms with Gasteiger partial charge in [0, 0.05) is 17.8 Å². The second-order valence-corrected chi connectivity index (χ2v) is 8.07. The van der Waals surface area contributed by atoms with E-state index in [1.54, 1.807) is 18.4 Å². The van der Waals surface area contributed by atoms with Gasteiger partial charge in [0.1, 0.15) is 5.82 Å². The van der Waals surface area contributed by atoms with Gasteiger partial charge < -0.3 is 14.0 Å². The zero-order chi connectivity index (χ0) is 20.8. The fraction of sp³-hybridized carbons (Fsp3) is 0.240. The predicted molar refractivity (Wildman–Crippen MR) is 125 cm³/mol. The number of aryl methyl sites for hydroxylation is 1. The Kier molecular flexibility index (Phi) is 6.50. The molecule has 2 aromatic carbocycles. The molecule has 2 heterocycles. The number of hydrogen-bond donors (Lipinski definition) is 0. The highest BCUT2D eigenvalue weighted by atomic mass is 32.1. The van der Waals surface area contributed by atoms with Crippen molar-refractivity contribution in [1.29, 1.82) is 0 Å². The molecule has 0 atom stereocenters. The number of methoxy groups -OCH3 is 1. The van der Waals surface area contributed by atoms with Gasteiger partial charge in [-0.05, 0) is 54.6 Å². The minimum atomic E-state index is 0.615. The molecule has 4 aromatic rings. The first-order valence-corrected chi connectivity index (χ1v) is 11.1. The molecular weight excluding hydrogens is 392 g/mol. The van der Waals surface area contributed by atoms with Crippen molar-refractivity contribution >= 4 is 28.4 Å². The van der Waals surface area contributed by atoms with Gasteiger partial charge in [-0.1, -0.05) is 36.4 Å². The molecule has 4 nitrogen and oxygen atoms in total. The van der Waals surface area contributed by atoms with Crippen LogP contribution in [0.3, 0.4) is 0 Å². The number of aromatic nitrogens is 2. The first kappa shape index (κ1) is 20.2. The Hall–Kier alpha value is -3.05. The van der Waals surface area contributed by atoms with Crippen molar-refractivity contribution in [3.63, 3.8) is 0 Å². The van der Waals surface area contributed by atoms with E-state index in [9.17, 15) is 0 Å². The normalized spacial score (nSPS) is 11.4. The number of ether oxygens (including phenoxy) is 2. The molecule has 0 bridgehead atoms. The summed E-state index contributed by atoms with van der Waals surface area (Å²) in [5.41, 5.74) is 3.33. The third-order valence-corrected chi connectivity index (χ3v) is 5.85. The summed E-state index contributed by atoms with van der Waals surface area (Å²) >= 11 is 1.77. The summed E-state index contributed by atoms with van der Waals surface area (Å²) in [6.45, 7) is 3.48. The smallest absolute Gasteiger partial charge is 0.161 e. The van der Waals surface area contributed by atoms with Crippen LogP contribution in [0.25, 0.3) is 17.1 Å². The third kappa shape index (κ3) is 4.57. The molecule has 0 fully saturated rings. The molecule has 154 valence electrons. The molecule has 0 saturated carbocycles. The van der Waals surface area contributed by atoms with Gasteiger partial charge >= 0.3 is 0 Å². The van der Waals surface area contributed by atoms with Crippen LogP contribution in [0.15, 0.2) is 66.1 Å². The van der Waals surface area contributed by atoms with E-state index in [0.717, 1.165) is 47.8 Å². The average Bonchev–Trinajstić information content (AvgIpc) is 3.40. The summed E-state index contributed by atoms with van der Waals surface area (Å²) < 4.78 is 13.9. The van der Waals surface area contributed by atoms with Gasteiger partial charge in [-0.3, -0.25) is 0 Å². The standard InChI is InChI=1S/C25H26N2O2S/c1-3-8-19-12-13-23(24(17-19)28-2)29-15-7-14-27-22-11-5-4-10-21(22)26-25(27)18-20-9-6-16-30-20/h3-6,8-13,16-17H,7,14-15,18H2,1-2H3/b8-3+. The van der Waals surface area contributed by atoms with Crippen molar-refractivity contribution < 1.29 is 9.47 Å². The number of rotatable bonds is 9. The van der Waals surface area contributed by atoms with Crippen LogP contribution in [0.1, 0.15) is 29.6 Å². The van der Waals surface area contributed by atoms with Crippen LogP contribution >= 0.6 is 11.3 Å². The Balaban J connectivity index is 1.45. The fourth-order valence-corrected chi connectivity index (χ4v) is 4.28. The lowest BCUT2D eigenvalue weighted by Gasteiger charge is -2.13. The van der Waals surface area contributed by atoms with Crippen LogP contribution in [0, 0.1) is 0 Å². The second-order valence-electron chi connectivity index (χ2n) is 7.04. The van der Waals surface area contributed by atoms with Gasteiger partial charge in [0.05, 0.1) is 24.8 Å². The van der Waals surface area contributed by atoms with E-state index >= 15 is 0 Å². The summed E-state index contributed by atoms with van der Waals surface area (Å²) in [4.78, 5) is 6.21. The van der Waals surface area contributed by atoms with E-state index in [4.69, 9.17) is 14.5 Å². The van der Waals surface area contributed by atoms with Crippen molar-refractivity contribution in [3.8, 4) is 11.5 Å². The Morgan fingerprint density at radius 1 is 1.07 bits per heavy atom. The van der Waals surface area contributed by atoms with Crippen LogP contribution in [-0.4, -0.2) is 23.3 Å². The first-order chi connectivity index (χ1) is 14.8. The summed E-state index contributed by atoms with van der Waals surface area (Å²) in [5, 5.41) is 2.12. The maximum absolute atomic E-state index is 6.04. The van der Waals surface area contributed by atoms with Crippen molar-refractivity contribution in [2.24, 2.45) is 0 Å². The Morgan fingerprint density at radius 3 is 2.77 bits per heavy atom. The molecule has 0 saturated heterocycles. The number of allylic oxidation sites excluding steroid dienone is 1. The summed E-state index contributed by atoms with van der Waals surface area (Å²) in [6.07, 6.45) is 5.80. The van der Waals surface area contributed by atoms with Crippen LogP contribution in [0.2, 0.25) is 0 Å². The van der Waals surface area contributed by atoms with E-state index in [2.05, 4.69) is 40.3 Å². The molecule has 30 heavy (non-hydrogen) atoms. The highest BCUT2D eigenvalue weighted by Gasteiger charge is 2.12. The molecule has 0 N–H and O–H groups in total. The van der Waals surface area contributed by atoms with Crippen LogP contribution in [0.5, 0.6) is 11.5 Å². The lowest BCUT2D eigenvalue weighted by molar-refractivity contribution is 0.282. The van der Waals surface area contributed by atoms with Crippen LogP contribution in [-0.2, 0) is 13.0 Å². The summed E-state index contributed by atoms with van der Waals surface area (Å²) in [5.74, 6) is 2.64. The topological polar surface area (TPSA) is 36.3 Å². The van der Waals surface area contributed by atoms with Crippen molar-refractivity contribution in [3.05, 3.63) is 82.3 Å². The second kappa shape index (κ2) is 9.63. The maximum Gasteiger partial charge on any atom is 0.161 e. The highest BCUT2D eigenvalue weighted by molar-refractivity contribution is 7.09. The van der Waals surface area contributed by atoms with E-state index in [-0.39, 0.29) is 0 Å². The fourth-order valence-electron chi connectivity index (χ4n) is 3.58. The monoisotopic (exact) mass is 418 g/mol. The largest absolute Gasteiger partial charge is 0.493 e. The summed E-state index contributed by atoms with van der Waals surface area (Å²) in [6, 6.07) is 18.6. The molecule has 0 amide bonds. The third-order valence-electron chi connectivity index (χ3n) is 4.98. The molecule has 4 rings (SSSR count). The first-order valence-electron chi connectivity index (χ1n) is 10.2. The number of fused-ring (bicyclic) bond motifs is 1.